The van der Waals surface area contributed by atoms with Gasteiger partial charge in [-0.05, 0) is 19.3 Å². The number of aliphatic carboxylic acids is 1. The fourth-order valence-corrected chi connectivity index (χ4v) is 1.78. The van der Waals surface area contributed by atoms with Gasteiger partial charge in [-0.15, -0.1) is 0 Å². The minimum atomic E-state index is -0.952. The molecule has 0 aliphatic rings. The molecule has 118 valence electrons. The van der Waals surface area contributed by atoms with Crippen molar-refractivity contribution in [3.8, 4) is 0 Å². The minimum absolute atomic E-state index is 0.136. The summed E-state index contributed by atoms with van der Waals surface area (Å²) in [6, 6.07) is -1.32. The van der Waals surface area contributed by atoms with E-state index in [-0.39, 0.29) is 11.8 Å². The van der Waals surface area contributed by atoms with Crippen LogP contribution in [0.15, 0.2) is 10.6 Å². The molecule has 0 saturated carbocycles. The lowest BCUT2D eigenvalue weighted by atomic mass is 9.85. The average Bonchev–Trinajstić information content (AvgIpc) is 2.73. The molecule has 1 rings (SSSR count). The van der Waals surface area contributed by atoms with E-state index >= 15 is 0 Å². The molecule has 2 atom stereocenters. The Hall–Kier alpha value is -2.05. The number of carboxylic acids is 1. The van der Waals surface area contributed by atoms with Crippen LogP contribution in [0.3, 0.4) is 0 Å². The van der Waals surface area contributed by atoms with Crippen LogP contribution >= 0.6 is 0 Å². The molecule has 1 heterocycles. The lowest BCUT2D eigenvalue weighted by Crippen LogP contribution is -2.49. The maximum absolute atomic E-state index is 12.0. The van der Waals surface area contributed by atoms with E-state index in [9.17, 15) is 9.59 Å². The van der Waals surface area contributed by atoms with Crippen LogP contribution in [-0.4, -0.2) is 28.1 Å². The second kappa shape index (κ2) is 6.60. The van der Waals surface area contributed by atoms with Gasteiger partial charge < -0.3 is 20.2 Å². The number of carbonyl (C=O) groups is 2. The Labute approximate surface area is 124 Å². The van der Waals surface area contributed by atoms with Crippen molar-refractivity contribution in [2.24, 2.45) is 5.41 Å². The van der Waals surface area contributed by atoms with Crippen LogP contribution in [0.2, 0.25) is 0 Å². The Kier molecular flexibility index (Phi) is 5.34. The normalized spacial score (nSPS) is 14.3. The van der Waals surface area contributed by atoms with Crippen LogP contribution < -0.4 is 10.6 Å². The second-order valence-corrected chi connectivity index (χ2v) is 6.17. The van der Waals surface area contributed by atoms with Crippen molar-refractivity contribution in [2.45, 2.75) is 53.1 Å². The van der Waals surface area contributed by atoms with Gasteiger partial charge in [-0.2, -0.15) is 0 Å². The molecule has 7 heteroatoms. The number of carboxylic acid groups (broad SMARTS) is 1. The van der Waals surface area contributed by atoms with Crippen molar-refractivity contribution in [3.63, 3.8) is 0 Å². The number of aromatic nitrogens is 1. The zero-order valence-corrected chi connectivity index (χ0v) is 13.1. The summed E-state index contributed by atoms with van der Waals surface area (Å²) in [5.74, 6) is 0.122. The molecular weight excluding hydrogens is 274 g/mol. The molecule has 0 bridgehead atoms. The van der Waals surface area contributed by atoms with E-state index in [2.05, 4.69) is 15.6 Å². The van der Waals surface area contributed by atoms with Crippen LogP contribution in [0, 0.1) is 12.3 Å². The number of oxazole rings is 1. The first-order chi connectivity index (χ1) is 9.59. The van der Waals surface area contributed by atoms with E-state index in [1.807, 2.05) is 20.8 Å². The van der Waals surface area contributed by atoms with Gasteiger partial charge in [0.15, 0.2) is 0 Å². The molecule has 0 aliphatic heterocycles. The number of hydrogen-bond acceptors (Lipinski definition) is 4. The summed E-state index contributed by atoms with van der Waals surface area (Å²) >= 11 is 0. The van der Waals surface area contributed by atoms with E-state index in [4.69, 9.17) is 9.52 Å². The molecule has 0 aromatic carbocycles. The number of aryl methyl sites for hydroxylation is 1. The molecule has 2 unspecified atom stereocenters. The van der Waals surface area contributed by atoms with Crippen molar-refractivity contribution in [3.05, 3.63) is 17.8 Å². The molecule has 3 N–H and O–H groups in total. The number of urea groups is 1. The second-order valence-electron chi connectivity index (χ2n) is 6.17. The number of nitrogens with one attached hydrogen (secondary N) is 2. The number of amides is 2. The van der Waals surface area contributed by atoms with Gasteiger partial charge in [0, 0.05) is 6.04 Å². The van der Waals surface area contributed by atoms with Gasteiger partial charge in [-0.25, -0.2) is 9.78 Å². The Morgan fingerprint density at radius 1 is 1.38 bits per heavy atom. The van der Waals surface area contributed by atoms with Crippen LogP contribution in [0.4, 0.5) is 4.79 Å². The van der Waals surface area contributed by atoms with Gasteiger partial charge in [0.25, 0.3) is 0 Å². The Bertz CT molecular complexity index is 505. The van der Waals surface area contributed by atoms with Crippen molar-refractivity contribution in [2.75, 3.05) is 0 Å². The van der Waals surface area contributed by atoms with Crippen LogP contribution in [0.25, 0.3) is 0 Å². The van der Waals surface area contributed by atoms with Crippen molar-refractivity contribution < 1.29 is 19.1 Å². The topological polar surface area (TPSA) is 104 Å². The van der Waals surface area contributed by atoms with Crippen molar-refractivity contribution >= 4 is 12.0 Å². The molecule has 0 saturated heterocycles. The smallest absolute Gasteiger partial charge is 0.315 e. The van der Waals surface area contributed by atoms with E-state index in [1.165, 1.54) is 0 Å². The monoisotopic (exact) mass is 297 g/mol. The molecule has 0 spiro atoms. The van der Waals surface area contributed by atoms with E-state index in [0.29, 0.717) is 11.7 Å². The highest BCUT2D eigenvalue weighted by molar-refractivity contribution is 5.76. The standard InChI is InChI=1S/C14H23N3O4/c1-8-7-15-12(21-8)9(2)16-13(20)17-10(6-11(18)19)14(3,4)5/h7,9-10H,6H2,1-5H3,(H,18,19)(H2,16,17,20). The third-order valence-corrected chi connectivity index (χ3v) is 3.09. The lowest BCUT2D eigenvalue weighted by molar-refractivity contribution is -0.138. The van der Waals surface area contributed by atoms with E-state index < -0.39 is 24.1 Å². The van der Waals surface area contributed by atoms with Crippen molar-refractivity contribution in [1.82, 2.24) is 15.6 Å². The van der Waals surface area contributed by atoms with Crippen LogP contribution in [-0.2, 0) is 4.79 Å². The molecule has 21 heavy (non-hydrogen) atoms. The number of rotatable bonds is 5. The fourth-order valence-electron chi connectivity index (χ4n) is 1.78. The Morgan fingerprint density at radius 3 is 2.43 bits per heavy atom. The molecule has 0 radical (unpaired) electrons. The molecular formula is C14H23N3O4. The molecule has 2 amide bonds. The summed E-state index contributed by atoms with van der Waals surface area (Å²) in [6.07, 6.45) is 1.44. The first-order valence-corrected chi connectivity index (χ1v) is 6.80. The van der Waals surface area contributed by atoms with Crippen LogP contribution in [0.5, 0.6) is 0 Å². The SMILES string of the molecule is Cc1cnc(C(C)NC(=O)NC(CC(=O)O)C(C)(C)C)o1. The summed E-state index contributed by atoms with van der Waals surface area (Å²) < 4.78 is 5.34. The predicted octanol–water partition coefficient (Wildman–Crippen LogP) is 2.23. The highest BCUT2D eigenvalue weighted by Gasteiger charge is 2.29. The highest BCUT2D eigenvalue weighted by Crippen LogP contribution is 2.22. The maximum Gasteiger partial charge on any atom is 0.315 e. The molecule has 7 nitrogen and oxygen atoms in total. The van der Waals surface area contributed by atoms with E-state index in [1.54, 1.807) is 20.0 Å². The van der Waals surface area contributed by atoms with Crippen molar-refractivity contribution in [1.29, 1.82) is 0 Å². The Morgan fingerprint density at radius 2 is 2.00 bits per heavy atom. The first kappa shape index (κ1) is 17.0. The predicted molar refractivity (Wildman–Crippen MR) is 76.8 cm³/mol. The summed E-state index contributed by atoms with van der Waals surface area (Å²) in [4.78, 5) is 26.9. The highest BCUT2D eigenvalue weighted by atomic mass is 16.4. The molecule has 0 fully saturated rings. The average molecular weight is 297 g/mol. The lowest BCUT2D eigenvalue weighted by Gasteiger charge is -2.30. The van der Waals surface area contributed by atoms with E-state index in [0.717, 1.165) is 0 Å². The third kappa shape index (κ3) is 5.45. The first-order valence-electron chi connectivity index (χ1n) is 6.80. The molecule has 1 aromatic heterocycles. The summed E-state index contributed by atoms with van der Waals surface area (Å²) in [5.41, 5.74) is -0.363. The van der Waals surface area contributed by atoms with Gasteiger partial charge in [-0.1, -0.05) is 20.8 Å². The van der Waals surface area contributed by atoms with Gasteiger partial charge in [-0.3, -0.25) is 4.79 Å². The van der Waals surface area contributed by atoms with Crippen LogP contribution in [0.1, 0.15) is 51.8 Å². The van der Waals surface area contributed by atoms with Gasteiger partial charge in [0.05, 0.1) is 12.6 Å². The Balaban J connectivity index is 2.63. The fraction of sp³-hybridized carbons (Fsp3) is 0.643. The largest absolute Gasteiger partial charge is 0.481 e. The zero-order valence-electron chi connectivity index (χ0n) is 13.1. The summed E-state index contributed by atoms with van der Waals surface area (Å²) in [5, 5.41) is 14.3. The summed E-state index contributed by atoms with van der Waals surface area (Å²) in [6.45, 7) is 9.14. The molecule has 0 aliphatic carbocycles. The number of nitrogens with zero attached hydrogens (tertiary/aromatic N) is 1. The van der Waals surface area contributed by atoms with Gasteiger partial charge in [0.2, 0.25) is 5.89 Å². The maximum atomic E-state index is 12.0. The van der Waals surface area contributed by atoms with Gasteiger partial charge >= 0.3 is 12.0 Å². The number of hydrogen-bond donors (Lipinski definition) is 3. The number of carbonyl (C=O) groups excluding carboxylic acids is 1. The van der Waals surface area contributed by atoms with Gasteiger partial charge in [0.1, 0.15) is 11.8 Å². The summed E-state index contributed by atoms with van der Waals surface area (Å²) in [7, 11) is 0. The quantitative estimate of drug-likeness (QED) is 0.773. The molecule has 1 aromatic rings. The zero-order chi connectivity index (χ0) is 16.2. The minimum Gasteiger partial charge on any atom is -0.481 e. The third-order valence-electron chi connectivity index (χ3n) is 3.09.